The van der Waals surface area contributed by atoms with Crippen molar-refractivity contribution in [2.45, 2.75) is 32.7 Å². The van der Waals surface area contributed by atoms with Crippen molar-refractivity contribution in [3.8, 4) is 0 Å². The number of carbonyl (C=O) groups is 1. The molecule has 0 aliphatic rings. The van der Waals surface area contributed by atoms with Crippen LogP contribution in [0.5, 0.6) is 0 Å². The fourth-order valence-electron chi connectivity index (χ4n) is 2.89. The number of rotatable bonds is 9. The van der Waals surface area contributed by atoms with Gasteiger partial charge in [0, 0.05) is 26.6 Å². The summed E-state index contributed by atoms with van der Waals surface area (Å²) in [6.45, 7) is 2.89. The largest absolute Gasteiger partial charge is 0.341 e. The van der Waals surface area contributed by atoms with Crippen molar-refractivity contribution in [1.82, 2.24) is 4.90 Å². The number of nitrogens with zero attached hydrogens (tertiary/aromatic N) is 2. The molecule has 0 fully saturated rings. The van der Waals surface area contributed by atoms with Gasteiger partial charge in [-0.05, 0) is 36.1 Å². The fraction of sp³-hybridized carbons (Fsp3) is 0.381. The summed E-state index contributed by atoms with van der Waals surface area (Å²) in [7, 11) is -1.62. The Balaban J connectivity index is 1.93. The van der Waals surface area contributed by atoms with E-state index in [9.17, 15) is 13.2 Å². The normalized spacial score (nSPS) is 11.2. The molecule has 0 N–H and O–H groups in total. The zero-order chi connectivity index (χ0) is 19.9. The summed E-state index contributed by atoms with van der Waals surface area (Å²) in [6.07, 6.45) is 2.88. The zero-order valence-electron chi connectivity index (χ0n) is 16.3. The molecule has 0 saturated carbocycles. The minimum absolute atomic E-state index is 0.00800. The molecule has 0 bridgehead atoms. The maximum Gasteiger partial charge on any atom is 0.232 e. The second-order valence-electron chi connectivity index (χ2n) is 6.69. The smallest absolute Gasteiger partial charge is 0.232 e. The second kappa shape index (κ2) is 9.55. The molecule has 2 aromatic rings. The number of carbonyl (C=O) groups excluding carboxylic acids is 1. The number of anilines is 1. The summed E-state index contributed by atoms with van der Waals surface area (Å²) in [5.74, 6) is 0.00800. The van der Waals surface area contributed by atoms with Crippen LogP contribution in [0.3, 0.4) is 0 Å². The molecule has 1 amide bonds. The number of sulfonamides is 1. The standard InChI is InChI=1S/C21H28N2O3S/c1-4-18-12-14-20(15-13-18)23(27(3,25)26)16-8-11-21(24)22(2)17-19-9-6-5-7-10-19/h5-7,9-10,12-15H,4,8,11,16-17H2,1-3H3. The van der Waals surface area contributed by atoms with E-state index in [1.165, 1.54) is 10.6 Å². The van der Waals surface area contributed by atoms with Crippen LogP contribution in [-0.4, -0.2) is 39.1 Å². The third kappa shape index (κ3) is 6.40. The van der Waals surface area contributed by atoms with Crippen LogP contribution in [0.4, 0.5) is 5.69 Å². The number of hydrogen-bond donors (Lipinski definition) is 0. The van der Waals surface area contributed by atoms with Gasteiger partial charge in [0.2, 0.25) is 15.9 Å². The molecule has 0 aliphatic heterocycles. The maximum absolute atomic E-state index is 12.4. The van der Waals surface area contributed by atoms with Crippen molar-refractivity contribution < 1.29 is 13.2 Å². The van der Waals surface area contributed by atoms with Crippen LogP contribution in [-0.2, 0) is 27.8 Å². The molecule has 0 unspecified atom stereocenters. The zero-order valence-corrected chi connectivity index (χ0v) is 17.1. The average Bonchev–Trinajstić information content (AvgIpc) is 2.65. The highest BCUT2D eigenvalue weighted by Gasteiger charge is 2.18. The molecular formula is C21H28N2O3S. The van der Waals surface area contributed by atoms with E-state index in [1.807, 2.05) is 54.6 Å². The van der Waals surface area contributed by atoms with Crippen molar-refractivity contribution in [3.63, 3.8) is 0 Å². The van der Waals surface area contributed by atoms with Crippen molar-refractivity contribution in [1.29, 1.82) is 0 Å². The number of hydrogen-bond acceptors (Lipinski definition) is 3. The van der Waals surface area contributed by atoms with E-state index >= 15 is 0 Å². The topological polar surface area (TPSA) is 57.7 Å². The lowest BCUT2D eigenvalue weighted by molar-refractivity contribution is -0.130. The summed E-state index contributed by atoms with van der Waals surface area (Å²) < 4.78 is 25.7. The molecule has 2 aromatic carbocycles. The summed E-state index contributed by atoms with van der Waals surface area (Å²) >= 11 is 0. The molecule has 2 rings (SSSR count). The van der Waals surface area contributed by atoms with E-state index in [0.717, 1.165) is 17.5 Å². The molecule has 0 heterocycles. The van der Waals surface area contributed by atoms with Crippen molar-refractivity contribution in [2.75, 3.05) is 24.2 Å². The fourth-order valence-corrected chi connectivity index (χ4v) is 3.86. The molecule has 0 aliphatic carbocycles. The van der Waals surface area contributed by atoms with Gasteiger partial charge in [-0.3, -0.25) is 9.10 Å². The van der Waals surface area contributed by atoms with E-state index in [2.05, 4.69) is 6.92 Å². The maximum atomic E-state index is 12.4. The first kappa shape index (κ1) is 21.0. The summed E-state index contributed by atoms with van der Waals surface area (Å²) in [5.41, 5.74) is 2.87. The van der Waals surface area contributed by atoms with Gasteiger partial charge in [0.15, 0.2) is 0 Å². The van der Waals surface area contributed by atoms with Crippen LogP contribution in [0.2, 0.25) is 0 Å². The SMILES string of the molecule is CCc1ccc(N(CCCC(=O)N(C)Cc2ccccc2)S(C)(=O)=O)cc1. The molecule has 0 atom stereocenters. The van der Waals surface area contributed by atoms with E-state index < -0.39 is 10.0 Å². The van der Waals surface area contributed by atoms with Crippen LogP contribution in [0.15, 0.2) is 54.6 Å². The van der Waals surface area contributed by atoms with Gasteiger partial charge in [0.1, 0.15) is 0 Å². The van der Waals surface area contributed by atoms with Crippen molar-refractivity contribution in [2.24, 2.45) is 0 Å². The van der Waals surface area contributed by atoms with Crippen LogP contribution < -0.4 is 4.31 Å². The lowest BCUT2D eigenvalue weighted by Crippen LogP contribution is -2.32. The number of benzene rings is 2. The first-order chi connectivity index (χ1) is 12.8. The quantitative estimate of drug-likeness (QED) is 0.661. The van der Waals surface area contributed by atoms with Gasteiger partial charge in [-0.1, -0.05) is 49.4 Å². The van der Waals surface area contributed by atoms with Gasteiger partial charge in [-0.25, -0.2) is 8.42 Å². The highest BCUT2D eigenvalue weighted by Crippen LogP contribution is 2.19. The Bertz CT molecular complexity index is 833. The van der Waals surface area contributed by atoms with E-state index in [-0.39, 0.29) is 12.5 Å². The summed E-state index contributed by atoms with van der Waals surface area (Å²) in [4.78, 5) is 14.0. The Hall–Kier alpha value is -2.34. The molecule has 27 heavy (non-hydrogen) atoms. The van der Waals surface area contributed by atoms with Gasteiger partial charge < -0.3 is 4.90 Å². The predicted octanol–water partition coefficient (Wildman–Crippen LogP) is 3.45. The molecule has 0 saturated heterocycles. The monoisotopic (exact) mass is 388 g/mol. The Morgan fingerprint density at radius 2 is 1.59 bits per heavy atom. The lowest BCUT2D eigenvalue weighted by atomic mass is 10.1. The number of aryl methyl sites for hydroxylation is 1. The van der Waals surface area contributed by atoms with Gasteiger partial charge in [-0.15, -0.1) is 0 Å². The van der Waals surface area contributed by atoms with Crippen LogP contribution >= 0.6 is 0 Å². The van der Waals surface area contributed by atoms with Gasteiger partial charge >= 0.3 is 0 Å². The molecule has 0 radical (unpaired) electrons. The average molecular weight is 389 g/mol. The van der Waals surface area contributed by atoms with Crippen molar-refractivity contribution >= 4 is 21.6 Å². The predicted molar refractivity (Wildman–Crippen MR) is 110 cm³/mol. The Labute approximate surface area is 162 Å². The van der Waals surface area contributed by atoms with E-state index in [1.54, 1.807) is 11.9 Å². The molecule has 146 valence electrons. The minimum Gasteiger partial charge on any atom is -0.341 e. The molecule has 0 aromatic heterocycles. The third-order valence-electron chi connectivity index (χ3n) is 4.47. The van der Waals surface area contributed by atoms with Crippen LogP contribution in [0.25, 0.3) is 0 Å². The first-order valence-electron chi connectivity index (χ1n) is 9.15. The van der Waals surface area contributed by atoms with E-state index in [0.29, 0.717) is 25.1 Å². The minimum atomic E-state index is -3.40. The Morgan fingerprint density at radius 3 is 2.15 bits per heavy atom. The van der Waals surface area contributed by atoms with Gasteiger partial charge in [0.25, 0.3) is 0 Å². The van der Waals surface area contributed by atoms with Crippen LogP contribution in [0, 0.1) is 0 Å². The highest BCUT2D eigenvalue weighted by atomic mass is 32.2. The first-order valence-corrected chi connectivity index (χ1v) is 11.0. The molecule has 5 nitrogen and oxygen atoms in total. The van der Waals surface area contributed by atoms with Gasteiger partial charge in [0.05, 0.1) is 11.9 Å². The number of amides is 1. The van der Waals surface area contributed by atoms with Crippen LogP contribution in [0.1, 0.15) is 30.9 Å². The van der Waals surface area contributed by atoms with E-state index in [4.69, 9.17) is 0 Å². The van der Waals surface area contributed by atoms with Crippen molar-refractivity contribution in [3.05, 3.63) is 65.7 Å². The van der Waals surface area contributed by atoms with Gasteiger partial charge in [-0.2, -0.15) is 0 Å². The molecule has 0 spiro atoms. The molecular weight excluding hydrogens is 360 g/mol. The molecule has 6 heteroatoms. The second-order valence-corrected chi connectivity index (χ2v) is 8.60. The third-order valence-corrected chi connectivity index (χ3v) is 5.67. The Morgan fingerprint density at radius 1 is 0.963 bits per heavy atom. The lowest BCUT2D eigenvalue weighted by Gasteiger charge is -2.23. The summed E-state index contributed by atoms with van der Waals surface area (Å²) in [5, 5.41) is 0. The Kier molecular flexibility index (Phi) is 7.42. The summed E-state index contributed by atoms with van der Waals surface area (Å²) in [6, 6.07) is 17.3. The highest BCUT2D eigenvalue weighted by molar-refractivity contribution is 7.92.